The molecule has 0 bridgehead atoms. The Morgan fingerprint density at radius 2 is 2.15 bits per heavy atom. The molecule has 0 aliphatic carbocycles. The summed E-state index contributed by atoms with van der Waals surface area (Å²) < 4.78 is 0.938. The van der Waals surface area contributed by atoms with E-state index in [1.54, 1.807) is 12.5 Å². The first-order valence-corrected chi connectivity index (χ1v) is 8.07. The van der Waals surface area contributed by atoms with Gasteiger partial charge < -0.3 is 10.6 Å². The standard InChI is InChI=1S/C13H20BrN5S/c1-2-3-11(12(15)20)18-4-6-19(7-5-18)13-10(14)8-16-9-17-13/h8-9,11H,2-7H2,1H3,(H2,15,20). The van der Waals surface area contributed by atoms with E-state index in [9.17, 15) is 0 Å². The number of piperazine rings is 1. The predicted molar refractivity (Wildman–Crippen MR) is 89.0 cm³/mol. The summed E-state index contributed by atoms with van der Waals surface area (Å²) in [7, 11) is 0. The molecule has 110 valence electrons. The Kier molecular flexibility index (Phi) is 5.68. The monoisotopic (exact) mass is 357 g/mol. The summed E-state index contributed by atoms with van der Waals surface area (Å²) in [6.45, 7) is 5.94. The topological polar surface area (TPSA) is 58.3 Å². The molecule has 1 aromatic rings. The summed E-state index contributed by atoms with van der Waals surface area (Å²) in [6.07, 6.45) is 5.50. The van der Waals surface area contributed by atoms with Crippen LogP contribution in [-0.4, -0.2) is 52.1 Å². The van der Waals surface area contributed by atoms with Crippen molar-refractivity contribution in [3.8, 4) is 0 Å². The molecular weight excluding hydrogens is 338 g/mol. The molecule has 0 spiro atoms. The second kappa shape index (κ2) is 7.28. The van der Waals surface area contributed by atoms with Gasteiger partial charge in [0.05, 0.1) is 15.5 Å². The maximum atomic E-state index is 5.87. The minimum atomic E-state index is 0.228. The Bertz CT molecular complexity index is 462. The maximum absolute atomic E-state index is 5.87. The van der Waals surface area contributed by atoms with Crippen LogP contribution in [0.5, 0.6) is 0 Å². The van der Waals surface area contributed by atoms with Crippen LogP contribution < -0.4 is 10.6 Å². The van der Waals surface area contributed by atoms with E-state index in [2.05, 4.69) is 42.6 Å². The van der Waals surface area contributed by atoms with Gasteiger partial charge in [0, 0.05) is 32.4 Å². The molecule has 2 N–H and O–H groups in total. The highest BCUT2D eigenvalue weighted by atomic mass is 79.9. The van der Waals surface area contributed by atoms with Gasteiger partial charge in [0.2, 0.25) is 0 Å². The van der Waals surface area contributed by atoms with Crippen molar-refractivity contribution in [2.75, 3.05) is 31.1 Å². The molecule has 1 saturated heterocycles. The van der Waals surface area contributed by atoms with Crippen LogP contribution >= 0.6 is 28.1 Å². The van der Waals surface area contributed by atoms with Crippen LogP contribution in [0.25, 0.3) is 0 Å². The first-order chi connectivity index (χ1) is 9.63. The van der Waals surface area contributed by atoms with E-state index >= 15 is 0 Å². The van der Waals surface area contributed by atoms with Gasteiger partial charge in [-0.2, -0.15) is 0 Å². The molecular formula is C13H20BrN5S. The van der Waals surface area contributed by atoms with E-state index in [1.165, 1.54) is 0 Å². The largest absolute Gasteiger partial charge is 0.392 e. The summed E-state index contributed by atoms with van der Waals surface area (Å²) in [5.74, 6) is 0.960. The Morgan fingerprint density at radius 1 is 1.45 bits per heavy atom. The van der Waals surface area contributed by atoms with Crippen molar-refractivity contribution in [3.63, 3.8) is 0 Å². The highest BCUT2D eigenvalue weighted by Gasteiger charge is 2.26. The highest BCUT2D eigenvalue weighted by Crippen LogP contribution is 2.23. The molecule has 1 aliphatic heterocycles. The predicted octanol–water partition coefficient (Wildman–Crippen LogP) is 1.82. The van der Waals surface area contributed by atoms with E-state index in [-0.39, 0.29) is 6.04 Å². The van der Waals surface area contributed by atoms with Gasteiger partial charge in [-0.05, 0) is 22.4 Å². The molecule has 20 heavy (non-hydrogen) atoms. The Labute approximate surface area is 133 Å². The molecule has 1 atom stereocenters. The zero-order chi connectivity index (χ0) is 14.5. The third-order valence-electron chi connectivity index (χ3n) is 3.59. The average Bonchev–Trinajstić information content (AvgIpc) is 2.45. The van der Waals surface area contributed by atoms with Gasteiger partial charge in [0.25, 0.3) is 0 Å². The van der Waals surface area contributed by atoms with Crippen LogP contribution in [0.3, 0.4) is 0 Å². The SMILES string of the molecule is CCCC(C(N)=S)N1CCN(c2ncncc2Br)CC1. The number of hydrogen-bond donors (Lipinski definition) is 1. The lowest BCUT2D eigenvalue weighted by Gasteiger charge is -2.39. The third-order valence-corrected chi connectivity index (χ3v) is 4.42. The number of nitrogens with two attached hydrogens (primary N) is 1. The average molecular weight is 358 g/mol. The lowest BCUT2D eigenvalue weighted by atomic mass is 10.1. The lowest BCUT2D eigenvalue weighted by Crippen LogP contribution is -2.54. The Morgan fingerprint density at radius 3 is 2.70 bits per heavy atom. The molecule has 1 aromatic heterocycles. The molecule has 0 amide bonds. The fourth-order valence-electron chi connectivity index (χ4n) is 2.56. The molecule has 2 rings (SSSR count). The third kappa shape index (κ3) is 3.65. The van der Waals surface area contributed by atoms with E-state index in [4.69, 9.17) is 18.0 Å². The highest BCUT2D eigenvalue weighted by molar-refractivity contribution is 9.10. The number of thiocarbonyl (C=S) groups is 1. The summed E-state index contributed by atoms with van der Waals surface area (Å²) in [4.78, 5) is 13.6. The van der Waals surface area contributed by atoms with Gasteiger partial charge >= 0.3 is 0 Å². The van der Waals surface area contributed by atoms with E-state index in [1.807, 2.05) is 0 Å². The van der Waals surface area contributed by atoms with E-state index in [0.29, 0.717) is 4.99 Å². The van der Waals surface area contributed by atoms with E-state index in [0.717, 1.165) is 49.3 Å². The normalized spacial score (nSPS) is 18.0. The van der Waals surface area contributed by atoms with Crippen LogP contribution in [-0.2, 0) is 0 Å². The van der Waals surface area contributed by atoms with Crippen LogP contribution in [0.2, 0.25) is 0 Å². The molecule has 2 heterocycles. The van der Waals surface area contributed by atoms with Crippen molar-refractivity contribution in [2.45, 2.75) is 25.8 Å². The van der Waals surface area contributed by atoms with Gasteiger partial charge in [0.15, 0.2) is 0 Å². The van der Waals surface area contributed by atoms with Gasteiger partial charge in [0.1, 0.15) is 12.1 Å². The van der Waals surface area contributed by atoms with Crippen LogP contribution in [0.1, 0.15) is 19.8 Å². The molecule has 1 aliphatic rings. The fraction of sp³-hybridized carbons (Fsp3) is 0.615. The summed E-state index contributed by atoms with van der Waals surface area (Å²) in [5, 5.41) is 0. The smallest absolute Gasteiger partial charge is 0.146 e. The van der Waals surface area contributed by atoms with Crippen molar-refractivity contribution in [2.24, 2.45) is 5.73 Å². The quantitative estimate of drug-likeness (QED) is 0.811. The van der Waals surface area contributed by atoms with Crippen molar-refractivity contribution < 1.29 is 0 Å². The number of rotatable bonds is 5. The van der Waals surface area contributed by atoms with Crippen LogP contribution in [0.4, 0.5) is 5.82 Å². The number of aromatic nitrogens is 2. The van der Waals surface area contributed by atoms with Crippen LogP contribution in [0.15, 0.2) is 17.0 Å². The zero-order valence-electron chi connectivity index (χ0n) is 11.6. The minimum Gasteiger partial charge on any atom is -0.392 e. The Hall–Kier alpha value is -0.790. The summed E-state index contributed by atoms with van der Waals surface area (Å²) in [6, 6.07) is 0.228. The first-order valence-electron chi connectivity index (χ1n) is 6.87. The molecule has 0 saturated carbocycles. The van der Waals surface area contributed by atoms with Crippen molar-refractivity contribution in [1.82, 2.24) is 14.9 Å². The first kappa shape index (κ1) is 15.6. The molecule has 5 nitrogen and oxygen atoms in total. The second-order valence-corrected chi connectivity index (χ2v) is 6.25. The number of anilines is 1. The minimum absolute atomic E-state index is 0.228. The molecule has 0 radical (unpaired) electrons. The fourth-order valence-corrected chi connectivity index (χ4v) is 3.30. The molecule has 7 heteroatoms. The second-order valence-electron chi connectivity index (χ2n) is 4.92. The summed E-state index contributed by atoms with van der Waals surface area (Å²) >= 11 is 8.70. The molecule has 1 fully saturated rings. The zero-order valence-corrected chi connectivity index (χ0v) is 14.0. The van der Waals surface area contributed by atoms with Gasteiger partial charge in [-0.1, -0.05) is 25.6 Å². The number of halogens is 1. The molecule has 0 aromatic carbocycles. The van der Waals surface area contributed by atoms with Crippen molar-refractivity contribution >= 4 is 39.0 Å². The van der Waals surface area contributed by atoms with Gasteiger partial charge in [-0.15, -0.1) is 0 Å². The summed E-state index contributed by atoms with van der Waals surface area (Å²) in [5.41, 5.74) is 5.87. The van der Waals surface area contributed by atoms with E-state index < -0.39 is 0 Å². The van der Waals surface area contributed by atoms with Crippen LogP contribution in [0, 0.1) is 0 Å². The molecule has 1 unspecified atom stereocenters. The van der Waals surface area contributed by atoms with Gasteiger partial charge in [-0.3, -0.25) is 4.90 Å². The Balaban J connectivity index is 1.98. The van der Waals surface area contributed by atoms with Gasteiger partial charge in [-0.25, -0.2) is 9.97 Å². The number of nitrogens with zero attached hydrogens (tertiary/aromatic N) is 4. The lowest BCUT2D eigenvalue weighted by molar-refractivity contribution is 0.219. The van der Waals surface area contributed by atoms with Crippen molar-refractivity contribution in [3.05, 3.63) is 17.0 Å². The maximum Gasteiger partial charge on any atom is 0.146 e. The van der Waals surface area contributed by atoms with Crippen molar-refractivity contribution in [1.29, 1.82) is 0 Å². The number of hydrogen-bond acceptors (Lipinski definition) is 5.